The molecule has 1 atom stereocenters. The molecule has 0 aliphatic heterocycles. The van der Waals surface area contributed by atoms with E-state index in [9.17, 15) is 19.2 Å². The second-order valence-electron chi connectivity index (χ2n) is 9.45. The molecule has 1 aliphatic rings. The van der Waals surface area contributed by atoms with Crippen molar-refractivity contribution in [3.8, 4) is 0 Å². The Bertz CT molecular complexity index is 893. The van der Waals surface area contributed by atoms with Crippen LogP contribution in [0.5, 0.6) is 0 Å². The van der Waals surface area contributed by atoms with Crippen molar-refractivity contribution >= 4 is 29.2 Å². The lowest BCUT2D eigenvalue weighted by molar-refractivity contribution is -0.149. The van der Waals surface area contributed by atoms with Crippen LogP contribution in [0.25, 0.3) is 0 Å². The van der Waals surface area contributed by atoms with Crippen molar-refractivity contribution in [3.63, 3.8) is 0 Å². The molecule has 0 heterocycles. The third-order valence-electron chi connectivity index (χ3n) is 5.10. The molecule has 0 spiro atoms. The molecule has 1 saturated carbocycles. The van der Waals surface area contributed by atoms with Crippen molar-refractivity contribution in [1.29, 1.82) is 0 Å². The number of esters is 1. The molecule has 1 fully saturated rings. The Labute approximate surface area is 188 Å². The van der Waals surface area contributed by atoms with Gasteiger partial charge in [0.05, 0.1) is 12.0 Å². The van der Waals surface area contributed by atoms with Gasteiger partial charge in [0.1, 0.15) is 12.6 Å². The summed E-state index contributed by atoms with van der Waals surface area (Å²) >= 11 is 0. The Hall–Kier alpha value is -3.00. The fourth-order valence-corrected chi connectivity index (χ4v) is 3.57. The molecule has 0 radical (unpaired) electrons. The minimum Gasteiger partial charge on any atom is -0.480 e. The number of rotatable bonds is 9. The number of aliphatic carboxylic acids is 1. The molecule has 1 aromatic carbocycles. The second-order valence-corrected chi connectivity index (χ2v) is 9.45. The van der Waals surface area contributed by atoms with E-state index in [-0.39, 0.29) is 35.1 Å². The number of ether oxygens (including phenoxy) is 1. The van der Waals surface area contributed by atoms with Crippen molar-refractivity contribution in [2.24, 2.45) is 17.1 Å². The fraction of sp³-hybridized carbons (Fsp3) is 0.500. The van der Waals surface area contributed by atoms with Crippen LogP contribution in [0.4, 0.5) is 5.69 Å². The molecule has 0 bridgehead atoms. The summed E-state index contributed by atoms with van der Waals surface area (Å²) in [5, 5.41) is 12.0. The Balaban J connectivity index is 2.10. The predicted molar refractivity (Wildman–Crippen MR) is 120 cm³/mol. The smallest absolute Gasteiger partial charge is 0.321 e. The standard InChI is InChI=1S/C24H32N2O6/c1-14(2)9-18(22-19(27)11-24(3,4)12-20(22)28)26-16-7-5-15(6-8-16)13-32-21(29)10-17(25)23(30)31/h5-8,14,17,26H,9-13,25H2,1-4H3,(H,30,31)/t17-/m0/s1. The van der Waals surface area contributed by atoms with Crippen molar-refractivity contribution in [2.75, 3.05) is 5.32 Å². The summed E-state index contributed by atoms with van der Waals surface area (Å²) in [5.41, 5.74) is 7.31. The number of ketones is 2. The maximum absolute atomic E-state index is 12.7. The molecule has 0 saturated heterocycles. The third kappa shape index (κ3) is 7.30. The average Bonchev–Trinajstić information content (AvgIpc) is 2.65. The SMILES string of the molecule is CC(C)CC(Nc1ccc(COC(=O)C[C@H](N)C(=O)O)cc1)=C1C(=O)CC(C)(C)CC1=O. The molecule has 1 aliphatic carbocycles. The summed E-state index contributed by atoms with van der Waals surface area (Å²) in [5.74, 6) is -1.96. The first-order chi connectivity index (χ1) is 14.9. The van der Waals surface area contributed by atoms with Crippen LogP contribution in [0, 0.1) is 11.3 Å². The van der Waals surface area contributed by atoms with Crippen LogP contribution < -0.4 is 11.1 Å². The predicted octanol–water partition coefficient (Wildman–Crippen LogP) is 3.20. The number of benzene rings is 1. The quantitative estimate of drug-likeness (QED) is 0.300. The zero-order valence-electron chi connectivity index (χ0n) is 19.1. The molecule has 0 aromatic heterocycles. The van der Waals surface area contributed by atoms with Crippen molar-refractivity contribution < 1.29 is 29.0 Å². The fourth-order valence-electron chi connectivity index (χ4n) is 3.57. The maximum atomic E-state index is 12.7. The number of hydrogen-bond donors (Lipinski definition) is 3. The summed E-state index contributed by atoms with van der Waals surface area (Å²) < 4.78 is 5.06. The topological polar surface area (TPSA) is 136 Å². The van der Waals surface area contributed by atoms with E-state index >= 15 is 0 Å². The highest BCUT2D eigenvalue weighted by atomic mass is 16.5. The van der Waals surface area contributed by atoms with E-state index in [4.69, 9.17) is 15.6 Å². The summed E-state index contributed by atoms with van der Waals surface area (Å²) in [6.07, 6.45) is 0.844. The largest absolute Gasteiger partial charge is 0.480 e. The van der Waals surface area contributed by atoms with Gasteiger partial charge >= 0.3 is 11.9 Å². The average molecular weight is 445 g/mol. The van der Waals surface area contributed by atoms with Crippen LogP contribution >= 0.6 is 0 Å². The van der Waals surface area contributed by atoms with Crippen LogP contribution in [-0.2, 0) is 30.5 Å². The van der Waals surface area contributed by atoms with Gasteiger partial charge in [0.15, 0.2) is 11.6 Å². The van der Waals surface area contributed by atoms with Gasteiger partial charge in [-0.25, -0.2) is 0 Å². The minimum atomic E-state index is -1.29. The van der Waals surface area contributed by atoms with E-state index < -0.39 is 24.4 Å². The van der Waals surface area contributed by atoms with Crippen molar-refractivity contribution in [3.05, 3.63) is 41.1 Å². The first-order valence-electron chi connectivity index (χ1n) is 10.7. The van der Waals surface area contributed by atoms with Crippen LogP contribution in [0.3, 0.4) is 0 Å². The third-order valence-corrected chi connectivity index (χ3v) is 5.10. The Morgan fingerprint density at radius 1 is 1.09 bits per heavy atom. The summed E-state index contributed by atoms with van der Waals surface area (Å²) in [4.78, 5) is 47.9. The lowest BCUT2D eigenvalue weighted by Gasteiger charge is -2.30. The molecule has 0 amide bonds. The summed E-state index contributed by atoms with van der Waals surface area (Å²) in [7, 11) is 0. The molecule has 2 rings (SSSR count). The number of carboxylic acid groups (broad SMARTS) is 1. The van der Waals surface area contributed by atoms with E-state index in [0.29, 0.717) is 36.2 Å². The van der Waals surface area contributed by atoms with Crippen molar-refractivity contribution in [1.82, 2.24) is 0 Å². The minimum absolute atomic E-state index is 0.0164. The number of nitrogens with two attached hydrogens (primary N) is 1. The summed E-state index contributed by atoms with van der Waals surface area (Å²) in [6, 6.07) is 5.75. The number of carboxylic acids is 1. The van der Waals surface area contributed by atoms with E-state index in [1.807, 2.05) is 27.7 Å². The number of allylic oxidation sites excluding steroid dienone is 2. The molecule has 174 valence electrons. The van der Waals surface area contributed by atoms with Gasteiger partial charge in [-0.05, 0) is 35.4 Å². The van der Waals surface area contributed by atoms with Gasteiger partial charge in [-0.15, -0.1) is 0 Å². The van der Waals surface area contributed by atoms with E-state index in [1.165, 1.54) is 0 Å². The van der Waals surface area contributed by atoms with Crippen LogP contribution in [-0.4, -0.2) is 34.7 Å². The van der Waals surface area contributed by atoms with E-state index in [1.54, 1.807) is 24.3 Å². The van der Waals surface area contributed by atoms with E-state index in [0.717, 1.165) is 0 Å². The first kappa shape index (κ1) is 25.3. The zero-order chi connectivity index (χ0) is 24.1. The molecule has 0 unspecified atom stereocenters. The van der Waals surface area contributed by atoms with Gasteiger partial charge in [-0.3, -0.25) is 19.2 Å². The molecule has 8 nitrogen and oxygen atoms in total. The molecular weight excluding hydrogens is 412 g/mol. The van der Waals surface area contributed by atoms with Gasteiger partial charge in [0.25, 0.3) is 0 Å². The molecular formula is C24H32N2O6. The monoisotopic (exact) mass is 444 g/mol. The number of hydrogen-bond acceptors (Lipinski definition) is 7. The molecule has 32 heavy (non-hydrogen) atoms. The van der Waals surface area contributed by atoms with Crippen molar-refractivity contribution in [2.45, 2.75) is 66.0 Å². The van der Waals surface area contributed by atoms with Gasteiger partial charge in [0, 0.05) is 24.2 Å². The zero-order valence-corrected chi connectivity index (χ0v) is 19.1. The lowest BCUT2D eigenvalue weighted by atomic mass is 9.73. The molecule has 4 N–H and O–H groups in total. The highest BCUT2D eigenvalue weighted by Gasteiger charge is 2.37. The molecule has 8 heteroatoms. The maximum Gasteiger partial charge on any atom is 0.321 e. The second kappa shape index (κ2) is 10.5. The highest BCUT2D eigenvalue weighted by Crippen LogP contribution is 2.36. The normalized spacial score (nSPS) is 16.6. The lowest BCUT2D eigenvalue weighted by Crippen LogP contribution is -2.33. The number of anilines is 1. The highest BCUT2D eigenvalue weighted by molar-refractivity contribution is 6.23. The Morgan fingerprint density at radius 3 is 2.16 bits per heavy atom. The van der Waals surface area contributed by atoms with Gasteiger partial charge in [-0.2, -0.15) is 0 Å². The summed E-state index contributed by atoms with van der Waals surface area (Å²) in [6.45, 7) is 7.89. The van der Waals surface area contributed by atoms with Gasteiger partial charge < -0.3 is 20.9 Å². The number of carbonyl (C=O) groups excluding carboxylic acids is 3. The van der Waals surface area contributed by atoms with Crippen LogP contribution in [0.2, 0.25) is 0 Å². The van der Waals surface area contributed by atoms with E-state index in [2.05, 4.69) is 5.32 Å². The number of nitrogens with one attached hydrogen (secondary N) is 1. The van der Waals surface area contributed by atoms with Crippen LogP contribution in [0.15, 0.2) is 35.5 Å². The Kier molecular flexibility index (Phi) is 8.32. The number of Topliss-reactive ketones (excluding diaryl/α,β-unsaturated/α-hetero) is 2. The van der Waals surface area contributed by atoms with Gasteiger partial charge in [0.2, 0.25) is 0 Å². The number of carbonyl (C=O) groups is 4. The first-order valence-corrected chi connectivity index (χ1v) is 10.7. The Morgan fingerprint density at radius 2 is 1.66 bits per heavy atom. The van der Waals surface area contributed by atoms with Crippen LogP contribution in [0.1, 0.15) is 58.9 Å². The van der Waals surface area contributed by atoms with Gasteiger partial charge in [-0.1, -0.05) is 39.8 Å². The molecule has 1 aromatic rings.